The maximum Gasteiger partial charge on any atom is 0.318 e. The van der Waals surface area contributed by atoms with Crippen LogP contribution in [-0.2, 0) is 20.4 Å². The highest BCUT2D eigenvalue weighted by molar-refractivity contribution is 5.92. The van der Waals surface area contributed by atoms with Gasteiger partial charge in [-0.2, -0.15) is 0 Å². The molecule has 2 unspecified atom stereocenters. The summed E-state index contributed by atoms with van der Waals surface area (Å²) < 4.78 is 13.2. The number of nitrogens with one attached hydrogen (secondary N) is 2. The van der Waals surface area contributed by atoms with Crippen LogP contribution in [0.4, 0.5) is 34.1 Å². The number of unbranched alkanes of at least 4 members (excludes halogenated alkanes) is 5. The van der Waals surface area contributed by atoms with E-state index in [-0.39, 0.29) is 23.1 Å². The summed E-state index contributed by atoms with van der Waals surface area (Å²) in [4.78, 5) is 52.2. The molecule has 2 N–H and O–H groups in total. The van der Waals surface area contributed by atoms with Gasteiger partial charge in [-0.1, -0.05) is 43.9 Å². The molecule has 0 saturated heterocycles. The molecule has 0 aromatic heterocycles. The number of non-ortho nitro benzene ring substituents is 1. The van der Waals surface area contributed by atoms with Crippen LogP contribution in [0.5, 0.6) is 11.5 Å². The average molecular weight is 841 g/mol. The molecular formula is C48H52N6O8. The van der Waals surface area contributed by atoms with Gasteiger partial charge in [-0.15, -0.1) is 0 Å². The van der Waals surface area contributed by atoms with E-state index in [1.165, 1.54) is 6.07 Å². The minimum absolute atomic E-state index is 0.00896. The maximum atomic E-state index is 13.0. The third kappa shape index (κ3) is 6.91. The summed E-state index contributed by atoms with van der Waals surface area (Å²) in [5.41, 5.74) is 2.73. The third-order valence-corrected chi connectivity index (χ3v) is 13.4. The van der Waals surface area contributed by atoms with Gasteiger partial charge in [0.05, 0.1) is 26.7 Å². The third-order valence-electron chi connectivity index (χ3n) is 13.4. The molecule has 2 spiro atoms. The van der Waals surface area contributed by atoms with E-state index in [9.17, 15) is 29.8 Å². The summed E-state index contributed by atoms with van der Waals surface area (Å²) in [7, 11) is 3.89. The number of nitro groups is 2. The van der Waals surface area contributed by atoms with Gasteiger partial charge in [0.2, 0.25) is 29.0 Å². The van der Waals surface area contributed by atoms with Crippen molar-refractivity contribution in [2.45, 2.75) is 101 Å². The van der Waals surface area contributed by atoms with Gasteiger partial charge in [-0.05, 0) is 118 Å². The molecule has 62 heavy (non-hydrogen) atoms. The van der Waals surface area contributed by atoms with Gasteiger partial charge >= 0.3 is 5.69 Å². The van der Waals surface area contributed by atoms with Crippen LogP contribution in [0.1, 0.15) is 101 Å². The Hall–Kier alpha value is -6.70. The molecule has 2 atom stereocenters. The standard InChI is InChI=1S/C48H52N6O8/c1-45(2)36-28-33(19-21-38(36)51(5)47(45)25-23-31-15-13-14-16-41(31)61-47)49-42(55)17-11-9-7-8-10-12-18-43(56)50-34-20-22-39-37(29-34)46(3,4)48(52(39)6)26-24-32-27-35(53(57)58)30-40(54(59)60)44(32)62-48/h13-16,19-30H,7-12,17-18H2,1-6H3,(H,49,55)(H,50,56). The molecule has 0 saturated carbocycles. The minimum Gasteiger partial charge on any atom is -0.463 e. The Bertz CT molecular complexity index is 2570. The number of amides is 2. The van der Waals surface area contributed by atoms with E-state index in [0.29, 0.717) is 18.5 Å². The molecule has 0 bridgehead atoms. The molecule has 14 nitrogen and oxygen atoms in total. The first-order chi connectivity index (χ1) is 29.5. The first-order valence-electron chi connectivity index (χ1n) is 21.2. The van der Waals surface area contributed by atoms with E-state index in [1.807, 2.05) is 74.3 Å². The van der Waals surface area contributed by atoms with E-state index in [2.05, 4.69) is 60.7 Å². The number of fused-ring (bicyclic) bond motifs is 4. The van der Waals surface area contributed by atoms with Crippen LogP contribution < -0.4 is 29.9 Å². The molecular weight excluding hydrogens is 789 g/mol. The topological polar surface area (TPSA) is 169 Å². The van der Waals surface area contributed by atoms with E-state index in [4.69, 9.17) is 9.47 Å². The number of nitro benzene ring substituents is 2. The molecule has 4 heterocycles. The van der Waals surface area contributed by atoms with Crippen LogP contribution in [0, 0.1) is 20.2 Å². The molecule has 8 rings (SSSR count). The van der Waals surface area contributed by atoms with E-state index in [1.54, 1.807) is 12.2 Å². The van der Waals surface area contributed by atoms with E-state index >= 15 is 0 Å². The van der Waals surface area contributed by atoms with Crippen molar-refractivity contribution in [3.8, 4) is 11.5 Å². The van der Waals surface area contributed by atoms with Crippen molar-refractivity contribution in [3.05, 3.63) is 127 Å². The number of carbonyl (C=O) groups is 2. The lowest BCUT2D eigenvalue weighted by Gasteiger charge is -2.45. The molecule has 2 amide bonds. The second-order valence-electron chi connectivity index (χ2n) is 17.7. The van der Waals surface area contributed by atoms with Crippen LogP contribution in [-0.4, -0.2) is 47.2 Å². The lowest BCUT2D eigenvalue weighted by Crippen LogP contribution is -2.58. The molecule has 0 fully saturated rings. The van der Waals surface area contributed by atoms with Gasteiger partial charge in [-0.3, -0.25) is 29.8 Å². The fraction of sp³-hybridized carbons (Fsp3) is 0.375. The van der Waals surface area contributed by atoms with Crippen LogP contribution in [0.15, 0.2) is 84.9 Å². The average Bonchev–Trinajstić information content (AvgIpc) is 3.49. The molecule has 4 aliphatic rings. The maximum absolute atomic E-state index is 13.0. The Morgan fingerprint density at radius 3 is 1.66 bits per heavy atom. The SMILES string of the molecule is CN1c2ccc(NC(=O)CCCCCCCCC(=O)Nc3ccc4c(c3)C(C)(C)C3(C=Cc5cc([N+](=O)[O-])cc([N+](=O)[O-])c5O3)N4C)cc2C(C)(C)C12C=Cc1ccccc1O2. The Kier molecular flexibility index (Phi) is 10.6. The van der Waals surface area contributed by atoms with Gasteiger partial charge in [0.25, 0.3) is 5.69 Å². The van der Waals surface area contributed by atoms with Gasteiger partial charge in [-0.25, -0.2) is 0 Å². The quantitative estimate of drug-likeness (QED) is 0.0750. The van der Waals surface area contributed by atoms with Crippen molar-refractivity contribution in [2.75, 3.05) is 34.5 Å². The number of ether oxygens (including phenoxy) is 2. The number of para-hydroxylation sites is 1. The van der Waals surface area contributed by atoms with Gasteiger partial charge in [0.15, 0.2) is 0 Å². The van der Waals surface area contributed by atoms with Crippen LogP contribution in [0.2, 0.25) is 0 Å². The summed E-state index contributed by atoms with van der Waals surface area (Å²) in [6.07, 6.45) is 13.8. The lowest BCUT2D eigenvalue weighted by atomic mass is 9.76. The largest absolute Gasteiger partial charge is 0.463 e. The molecule has 0 radical (unpaired) electrons. The van der Waals surface area contributed by atoms with Crippen LogP contribution in [0.25, 0.3) is 12.2 Å². The predicted molar refractivity (Wildman–Crippen MR) is 241 cm³/mol. The number of anilines is 4. The number of hydrogen-bond donors (Lipinski definition) is 2. The normalized spacial score (nSPS) is 20.5. The number of nitrogens with zero attached hydrogens (tertiary/aromatic N) is 4. The van der Waals surface area contributed by atoms with Crippen molar-refractivity contribution in [1.82, 2.24) is 0 Å². The predicted octanol–water partition coefficient (Wildman–Crippen LogP) is 10.3. The molecule has 0 aliphatic carbocycles. The Morgan fingerprint density at radius 2 is 1.13 bits per heavy atom. The fourth-order valence-corrected chi connectivity index (χ4v) is 9.76. The number of likely N-dealkylation sites (N-methyl/N-ethyl adjacent to an activating group) is 2. The van der Waals surface area contributed by atoms with Crippen LogP contribution in [0.3, 0.4) is 0 Å². The molecule has 4 aromatic rings. The zero-order valence-corrected chi connectivity index (χ0v) is 35.9. The van der Waals surface area contributed by atoms with Gasteiger partial charge in [0, 0.05) is 66.9 Å². The molecule has 4 aromatic carbocycles. The van der Waals surface area contributed by atoms with E-state index < -0.39 is 43.5 Å². The van der Waals surface area contributed by atoms with Crippen molar-refractivity contribution in [3.63, 3.8) is 0 Å². The van der Waals surface area contributed by atoms with Crippen molar-refractivity contribution >= 4 is 58.1 Å². The number of hydrogen-bond acceptors (Lipinski definition) is 10. The summed E-state index contributed by atoms with van der Waals surface area (Å²) in [6.45, 7) is 8.29. The Balaban J connectivity index is 0.778. The highest BCUT2D eigenvalue weighted by Gasteiger charge is 2.59. The Morgan fingerprint density at radius 1 is 0.629 bits per heavy atom. The second-order valence-corrected chi connectivity index (χ2v) is 17.7. The summed E-state index contributed by atoms with van der Waals surface area (Å²) in [5, 5.41) is 29.6. The summed E-state index contributed by atoms with van der Waals surface area (Å²) >= 11 is 0. The first kappa shape index (κ1) is 42.0. The molecule has 14 heteroatoms. The van der Waals surface area contributed by atoms with Gasteiger partial charge in [0.1, 0.15) is 5.75 Å². The number of rotatable bonds is 13. The molecule has 322 valence electrons. The highest BCUT2D eigenvalue weighted by Crippen LogP contribution is 2.57. The number of carbonyl (C=O) groups excluding carboxylic acids is 2. The fourth-order valence-electron chi connectivity index (χ4n) is 9.76. The van der Waals surface area contributed by atoms with Crippen molar-refractivity contribution in [1.29, 1.82) is 0 Å². The zero-order valence-electron chi connectivity index (χ0n) is 35.9. The number of benzene rings is 4. The summed E-state index contributed by atoms with van der Waals surface area (Å²) in [6, 6.07) is 21.9. The zero-order chi connectivity index (χ0) is 44.2. The smallest absolute Gasteiger partial charge is 0.318 e. The Labute approximate surface area is 360 Å². The van der Waals surface area contributed by atoms with Crippen molar-refractivity contribution in [2.24, 2.45) is 0 Å². The van der Waals surface area contributed by atoms with Crippen LogP contribution >= 0.6 is 0 Å². The monoisotopic (exact) mass is 840 g/mol. The minimum atomic E-state index is -1.17. The highest BCUT2D eigenvalue weighted by atomic mass is 16.6. The van der Waals surface area contributed by atoms with Crippen molar-refractivity contribution < 1.29 is 28.9 Å². The first-order valence-corrected chi connectivity index (χ1v) is 21.2. The lowest BCUT2D eigenvalue weighted by molar-refractivity contribution is -0.395. The van der Waals surface area contributed by atoms with E-state index in [0.717, 1.165) is 84.1 Å². The van der Waals surface area contributed by atoms with Gasteiger partial charge < -0.3 is 29.9 Å². The molecule has 4 aliphatic heterocycles. The summed E-state index contributed by atoms with van der Waals surface area (Å²) in [5.74, 6) is 0.715. The second kappa shape index (κ2) is 15.6.